The first kappa shape index (κ1) is 26.9. The van der Waals surface area contributed by atoms with Gasteiger partial charge in [-0.2, -0.15) is 8.78 Å². The molecule has 10 heteroatoms. The number of carbonyl (C=O) groups excluding carboxylic acids is 1. The van der Waals surface area contributed by atoms with E-state index >= 15 is 0 Å². The Balaban J connectivity index is 0.00000164. The number of fused-ring (bicyclic) bond motifs is 1. The van der Waals surface area contributed by atoms with E-state index in [1.165, 1.54) is 24.4 Å². The molecular formula is C28H26F2N5O2P. The second kappa shape index (κ2) is 11.1. The largest absolute Gasteiger partial charge is 0.350 e. The number of carbonyl (C=O) groups is 1. The third-order valence-corrected chi connectivity index (χ3v) is 6.17. The highest BCUT2D eigenvalue weighted by Crippen LogP contribution is 2.35. The lowest BCUT2D eigenvalue weighted by atomic mass is 9.96. The van der Waals surface area contributed by atoms with Gasteiger partial charge in [-0.25, -0.2) is 18.9 Å². The molecule has 0 aliphatic carbocycles. The van der Waals surface area contributed by atoms with E-state index in [-0.39, 0.29) is 12.2 Å². The first-order chi connectivity index (χ1) is 18.3. The fraction of sp³-hybridized carbons (Fsp3) is 0.179. The van der Waals surface area contributed by atoms with Gasteiger partial charge in [0.15, 0.2) is 11.9 Å². The average Bonchev–Trinajstić information content (AvgIpc) is 3.24. The number of pyridine rings is 3. The number of hydrogen-bond donors (Lipinski definition) is 0. The zero-order chi connectivity index (χ0) is 27.4. The Kier molecular flexibility index (Phi) is 7.88. The van der Waals surface area contributed by atoms with E-state index in [4.69, 9.17) is 0 Å². The third kappa shape index (κ3) is 5.29. The quantitative estimate of drug-likeness (QED) is 0.205. The van der Waals surface area contributed by atoms with Gasteiger partial charge < -0.3 is 0 Å². The van der Waals surface area contributed by atoms with E-state index in [2.05, 4.69) is 15.1 Å². The molecule has 0 saturated heterocycles. The van der Waals surface area contributed by atoms with Crippen LogP contribution in [0.4, 0.5) is 8.78 Å². The molecule has 1 unspecified atom stereocenters. The van der Waals surface area contributed by atoms with Crippen LogP contribution in [0, 0.1) is 6.92 Å². The van der Waals surface area contributed by atoms with Gasteiger partial charge in [-0.3, -0.25) is 9.78 Å². The van der Waals surface area contributed by atoms with E-state index in [0.29, 0.717) is 17.5 Å². The summed E-state index contributed by atoms with van der Waals surface area (Å²) in [7, 11) is 1.39. The number of alkyl halides is 2. The zero-order valence-electron chi connectivity index (χ0n) is 21.1. The third-order valence-electron chi connectivity index (χ3n) is 5.87. The molecule has 0 spiro atoms. The second-order valence-electron chi connectivity index (χ2n) is 8.32. The van der Waals surface area contributed by atoms with Gasteiger partial charge in [0.1, 0.15) is 11.4 Å². The summed E-state index contributed by atoms with van der Waals surface area (Å²) in [6, 6.07) is 16.1. The van der Waals surface area contributed by atoms with Crippen LogP contribution in [0.5, 0.6) is 0 Å². The highest BCUT2D eigenvalue weighted by molar-refractivity contribution is 7.17. The maximum atomic E-state index is 13.6. The van der Waals surface area contributed by atoms with E-state index in [9.17, 15) is 18.4 Å². The van der Waals surface area contributed by atoms with Crippen molar-refractivity contribution in [3.8, 4) is 22.3 Å². The van der Waals surface area contributed by atoms with Gasteiger partial charge in [-0.15, -0.1) is 5.10 Å². The SMILES string of the molecule is CC.Cc1ccc(-c2ccn3c(=O)n(Cc4ccc(C(F)(F)P)nc4C=O)nc3c2-c2ccncc2)cc1. The van der Waals surface area contributed by atoms with Gasteiger partial charge in [-0.05, 0) is 47.9 Å². The molecule has 4 heterocycles. The van der Waals surface area contributed by atoms with Gasteiger partial charge in [-0.1, -0.05) is 59.0 Å². The minimum Gasteiger partial charge on any atom is -0.296 e. The normalized spacial score (nSPS) is 11.2. The van der Waals surface area contributed by atoms with Crippen molar-refractivity contribution in [2.24, 2.45) is 0 Å². The van der Waals surface area contributed by atoms with Crippen LogP contribution in [-0.2, 0) is 12.2 Å². The molecule has 0 radical (unpaired) electrons. The summed E-state index contributed by atoms with van der Waals surface area (Å²) in [5.74, 6) is 0. The molecule has 0 saturated carbocycles. The molecule has 0 aliphatic heterocycles. The van der Waals surface area contributed by atoms with Crippen LogP contribution in [-0.4, -0.2) is 30.4 Å². The topological polar surface area (TPSA) is 82.1 Å². The number of rotatable bonds is 6. The summed E-state index contributed by atoms with van der Waals surface area (Å²) >= 11 is 0. The van der Waals surface area contributed by atoms with E-state index in [1.54, 1.807) is 18.6 Å². The molecule has 7 nitrogen and oxygen atoms in total. The molecule has 194 valence electrons. The Bertz CT molecular complexity index is 1640. The second-order valence-corrected chi connectivity index (χ2v) is 9.05. The number of nitrogens with zero attached hydrogens (tertiary/aromatic N) is 5. The summed E-state index contributed by atoms with van der Waals surface area (Å²) in [5.41, 5.74) is 0.807. The average molecular weight is 534 g/mol. The molecule has 5 aromatic rings. The molecule has 0 amide bonds. The number of hydrogen-bond acceptors (Lipinski definition) is 5. The Morgan fingerprint density at radius 2 is 1.66 bits per heavy atom. The van der Waals surface area contributed by atoms with Crippen molar-refractivity contribution in [1.82, 2.24) is 24.1 Å². The minimum absolute atomic E-state index is 0.111. The number of halogens is 2. The first-order valence-corrected chi connectivity index (χ1v) is 12.6. The number of aryl methyl sites for hydroxylation is 1. The minimum atomic E-state index is -3.28. The molecule has 1 atom stereocenters. The highest BCUT2D eigenvalue weighted by atomic mass is 31.0. The van der Waals surface area contributed by atoms with Crippen LogP contribution in [0.2, 0.25) is 0 Å². The van der Waals surface area contributed by atoms with Crippen LogP contribution in [0.3, 0.4) is 0 Å². The fourth-order valence-electron chi connectivity index (χ4n) is 4.04. The van der Waals surface area contributed by atoms with Crippen molar-refractivity contribution in [2.75, 3.05) is 0 Å². The lowest BCUT2D eigenvalue weighted by Crippen LogP contribution is -2.22. The molecule has 38 heavy (non-hydrogen) atoms. The van der Waals surface area contributed by atoms with Crippen molar-refractivity contribution in [3.05, 3.63) is 106 Å². The smallest absolute Gasteiger partial charge is 0.296 e. The van der Waals surface area contributed by atoms with E-state index in [1.807, 2.05) is 63.2 Å². The molecule has 0 aliphatic rings. The Hall–Kier alpha value is -4.10. The van der Waals surface area contributed by atoms with Crippen LogP contribution in [0.1, 0.15) is 41.2 Å². The van der Waals surface area contributed by atoms with Crippen molar-refractivity contribution in [3.63, 3.8) is 0 Å². The molecule has 0 N–H and O–H groups in total. The molecule has 0 bridgehead atoms. The molecule has 1 aromatic carbocycles. The van der Waals surface area contributed by atoms with Crippen molar-refractivity contribution >= 4 is 21.2 Å². The molecule has 0 fully saturated rings. The summed E-state index contributed by atoms with van der Waals surface area (Å²) in [5, 5.41) is 4.58. The Morgan fingerprint density at radius 1 is 0.974 bits per heavy atom. The van der Waals surface area contributed by atoms with E-state index < -0.39 is 17.0 Å². The maximum absolute atomic E-state index is 13.6. The van der Waals surface area contributed by atoms with Gasteiger partial charge in [0, 0.05) is 29.7 Å². The standard InChI is InChI=1S/C26H20F2N5O2P.C2H6/c1-16-2-4-17(5-3-16)20-10-13-32-24(23(20)18-8-11-29-12-9-18)31-33(25(32)35)14-19-6-7-22(26(27,28)36)30-21(19)15-34;1-2/h2-13,15H,14,36H2,1H3;1-2H3. The van der Waals surface area contributed by atoms with Crippen molar-refractivity contribution in [2.45, 2.75) is 33.0 Å². The predicted molar refractivity (Wildman–Crippen MR) is 147 cm³/mol. The zero-order valence-corrected chi connectivity index (χ0v) is 22.3. The number of benzene rings is 1. The molecule has 4 aromatic heterocycles. The first-order valence-electron chi connectivity index (χ1n) is 12.0. The van der Waals surface area contributed by atoms with Gasteiger partial charge >= 0.3 is 5.69 Å². The number of aldehydes is 1. The number of aromatic nitrogens is 5. The summed E-state index contributed by atoms with van der Waals surface area (Å²) in [6.07, 6.45) is 5.38. The summed E-state index contributed by atoms with van der Waals surface area (Å²) < 4.78 is 29.9. The maximum Gasteiger partial charge on any atom is 0.350 e. The van der Waals surface area contributed by atoms with Crippen LogP contribution < -0.4 is 5.69 Å². The summed E-state index contributed by atoms with van der Waals surface area (Å²) in [4.78, 5) is 32.7. The lowest BCUT2D eigenvalue weighted by molar-refractivity contribution is 0.0979. The molecule has 5 rings (SSSR count). The monoisotopic (exact) mass is 533 g/mol. The van der Waals surface area contributed by atoms with E-state index in [0.717, 1.165) is 33.9 Å². The summed E-state index contributed by atoms with van der Waals surface area (Å²) in [6.45, 7) is 5.90. The van der Waals surface area contributed by atoms with Gasteiger partial charge in [0.25, 0.3) is 5.66 Å². The lowest BCUT2D eigenvalue weighted by Gasteiger charge is -2.12. The van der Waals surface area contributed by atoms with Gasteiger partial charge in [0.05, 0.1) is 6.54 Å². The Labute approximate surface area is 220 Å². The fourth-order valence-corrected chi connectivity index (χ4v) is 4.21. The molecular weight excluding hydrogens is 507 g/mol. The van der Waals surface area contributed by atoms with Crippen LogP contribution in [0.25, 0.3) is 27.9 Å². The van der Waals surface area contributed by atoms with Crippen LogP contribution in [0.15, 0.2) is 78.0 Å². The van der Waals surface area contributed by atoms with Crippen LogP contribution >= 0.6 is 9.24 Å². The Morgan fingerprint density at radius 3 is 2.29 bits per heavy atom. The van der Waals surface area contributed by atoms with Crippen molar-refractivity contribution < 1.29 is 13.6 Å². The van der Waals surface area contributed by atoms with Gasteiger partial charge in [0.2, 0.25) is 0 Å². The van der Waals surface area contributed by atoms with Crippen molar-refractivity contribution in [1.29, 1.82) is 0 Å². The predicted octanol–water partition coefficient (Wildman–Crippen LogP) is 5.74. The highest BCUT2D eigenvalue weighted by Gasteiger charge is 2.27.